The molecule has 0 spiro atoms. The van der Waals surface area contributed by atoms with Crippen LogP contribution in [0.25, 0.3) is 0 Å². The number of cyclic esters (lactones) is 1. The van der Waals surface area contributed by atoms with Gasteiger partial charge in [-0.15, -0.1) is 0 Å². The Balaban J connectivity index is 1.70. The van der Waals surface area contributed by atoms with E-state index in [-0.39, 0.29) is 18.9 Å². The molecule has 3 rings (SSSR count). The molecule has 0 unspecified atom stereocenters. The number of nitrogens with zero attached hydrogens (tertiary/aromatic N) is 3. The van der Waals surface area contributed by atoms with E-state index < -0.39 is 28.7 Å². The summed E-state index contributed by atoms with van der Waals surface area (Å²) < 4.78 is 13.4. The molecule has 1 aliphatic rings. The molecular weight excluding hydrogens is 421 g/mol. The van der Waals surface area contributed by atoms with Gasteiger partial charge >= 0.3 is 12.2 Å². The number of alkyl halides is 3. The highest BCUT2D eigenvalue weighted by atomic mass is 35.6. The largest absolute Gasteiger partial charge is 0.445 e. The standard InChI is InChI=1S/C16H14Cl3N3O5/c17-16(18,19)10-25-14(23)22(13-6-7-26-20-13)9-12-8-21(15(24)27-12)11-4-2-1-3-5-11/h1-7,12H,8-10H2/t12-/m1/s1. The van der Waals surface area contributed by atoms with E-state index in [9.17, 15) is 9.59 Å². The molecule has 11 heteroatoms. The van der Waals surface area contributed by atoms with Crippen LogP contribution in [-0.4, -0.2) is 46.9 Å². The van der Waals surface area contributed by atoms with Crippen molar-refractivity contribution in [3.8, 4) is 0 Å². The van der Waals surface area contributed by atoms with Crippen LogP contribution in [0.15, 0.2) is 47.2 Å². The second-order valence-corrected chi connectivity index (χ2v) is 8.11. The zero-order chi connectivity index (χ0) is 19.4. The number of hydrogen-bond acceptors (Lipinski definition) is 6. The molecule has 1 atom stereocenters. The summed E-state index contributed by atoms with van der Waals surface area (Å²) in [4.78, 5) is 27.2. The monoisotopic (exact) mass is 433 g/mol. The van der Waals surface area contributed by atoms with Gasteiger partial charge < -0.3 is 14.0 Å². The van der Waals surface area contributed by atoms with Crippen LogP contribution in [0.1, 0.15) is 0 Å². The number of ether oxygens (including phenoxy) is 2. The molecule has 144 valence electrons. The first-order chi connectivity index (χ1) is 12.8. The zero-order valence-electron chi connectivity index (χ0n) is 13.8. The number of hydrogen-bond donors (Lipinski definition) is 0. The second-order valence-electron chi connectivity index (χ2n) is 5.59. The maximum atomic E-state index is 12.4. The first-order valence-corrected chi connectivity index (χ1v) is 8.91. The van der Waals surface area contributed by atoms with Gasteiger partial charge in [-0.3, -0.25) is 9.80 Å². The molecule has 2 heterocycles. The smallest absolute Gasteiger partial charge is 0.415 e. The van der Waals surface area contributed by atoms with E-state index in [0.29, 0.717) is 5.69 Å². The van der Waals surface area contributed by atoms with Crippen LogP contribution in [0, 0.1) is 0 Å². The number of carbonyl (C=O) groups is 2. The van der Waals surface area contributed by atoms with Crippen molar-refractivity contribution in [3.05, 3.63) is 42.7 Å². The third-order valence-electron chi connectivity index (χ3n) is 3.61. The lowest BCUT2D eigenvalue weighted by Gasteiger charge is -2.22. The van der Waals surface area contributed by atoms with Crippen LogP contribution >= 0.6 is 34.8 Å². The van der Waals surface area contributed by atoms with Gasteiger partial charge in [0, 0.05) is 11.8 Å². The fourth-order valence-electron chi connectivity index (χ4n) is 2.47. The van der Waals surface area contributed by atoms with Crippen molar-refractivity contribution < 1.29 is 23.6 Å². The van der Waals surface area contributed by atoms with E-state index in [1.807, 2.05) is 18.2 Å². The molecule has 0 saturated carbocycles. The summed E-state index contributed by atoms with van der Waals surface area (Å²) in [6.45, 7) is -0.222. The molecule has 2 amide bonds. The van der Waals surface area contributed by atoms with Crippen LogP contribution in [0.5, 0.6) is 0 Å². The molecule has 1 saturated heterocycles. The summed E-state index contributed by atoms with van der Waals surface area (Å²) >= 11 is 16.8. The molecule has 0 bridgehead atoms. The van der Waals surface area contributed by atoms with Crippen LogP contribution in [0.3, 0.4) is 0 Å². The van der Waals surface area contributed by atoms with E-state index in [1.165, 1.54) is 17.2 Å². The van der Waals surface area contributed by atoms with E-state index in [2.05, 4.69) is 5.16 Å². The first-order valence-electron chi connectivity index (χ1n) is 7.78. The minimum absolute atomic E-state index is 0.0136. The summed E-state index contributed by atoms with van der Waals surface area (Å²) in [6, 6.07) is 10.5. The normalized spacial score (nSPS) is 16.9. The predicted octanol–water partition coefficient (Wildman–Crippen LogP) is 4.01. The molecule has 1 fully saturated rings. The molecule has 27 heavy (non-hydrogen) atoms. The molecular formula is C16H14Cl3N3O5. The number of rotatable bonds is 5. The zero-order valence-corrected chi connectivity index (χ0v) is 16.0. The third-order valence-corrected chi connectivity index (χ3v) is 3.94. The van der Waals surface area contributed by atoms with E-state index in [0.717, 1.165) is 4.90 Å². The summed E-state index contributed by atoms with van der Waals surface area (Å²) in [5.74, 6) is 0.179. The summed E-state index contributed by atoms with van der Waals surface area (Å²) in [5, 5.41) is 3.72. The van der Waals surface area contributed by atoms with Gasteiger partial charge in [0.25, 0.3) is 0 Å². The lowest BCUT2D eigenvalue weighted by molar-refractivity contribution is 0.133. The SMILES string of the molecule is O=C1O[C@@H](CN(C(=O)OCC(Cl)(Cl)Cl)c2ccon2)CN1c1ccccc1. The Morgan fingerprint density at radius 2 is 2.04 bits per heavy atom. The van der Waals surface area contributed by atoms with Crippen LogP contribution < -0.4 is 9.80 Å². The quantitative estimate of drug-likeness (QED) is 0.661. The van der Waals surface area contributed by atoms with Crippen molar-refractivity contribution in [1.29, 1.82) is 0 Å². The molecule has 1 aliphatic heterocycles. The Kier molecular flexibility index (Phi) is 5.98. The lowest BCUT2D eigenvalue weighted by Crippen LogP contribution is -2.40. The Labute approximate surface area is 169 Å². The third kappa shape index (κ3) is 5.18. The molecule has 1 aromatic heterocycles. The van der Waals surface area contributed by atoms with Crippen molar-refractivity contribution >= 4 is 58.5 Å². The molecule has 0 N–H and O–H groups in total. The highest BCUT2D eigenvalue weighted by Crippen LogP contribution is 2.27. The molecule has 0 radical (unpaired) electrons. The van der Waals surface area contributed by atoms with Gasteiger partial charge in [0.05, 0.1) is 13.1 Å². The van der Waals surface area contributed by atoms with Crippen molar-refractivity contribution in [2.24, 2.45) is 0 Å². The van der Waals surface area contributed by atoms with Crippen molar-refractivity contribution in [1.82, 2.24) is 5.16 Å². The van der Waals surface area contributed by atoms with Gasteiger partial charge in [0.2, 0.25) is 3.79 Å². The van der Waals surface area contributed by atoms with E-state index >= 15 is 0 Å². The maximum absolute atomic E-state index is 12.4. The van der Waals surface area contributed by atoms with Gasteiger partial charge in [-0.2, -0.15) is 0 Å². The van der Waals surface area contributed by atoms with E-state index in [4.69, 9.17) is 48.8 Å². The number of para-hydroxylation sites is 1. The molecule has 2 aromatic rings. The molecule has 1 aromatic carbocycles. The van der Waals surface area contributed by atoms with Gasteiger partial charge in [-0.1, -0.05) is 58.2 Å². The Morgan fingerprint density at radius 3 is 2.67 bits per heavy atom. The van der Waals surface area contributed by atoms with E-state index in [1.54, 1.807) is 12.1 Å². The number of aromatic nitrogens is 1. The molecule has 8 nitrogen and oxygen atoms in total. The van der Waals surface area contributed by atoms with Gasteiger partial charge in [-0.25, -0.2) is 9.59 Å². The minimum atomic E-state index is -1.75. The summed E-state index contributed by atoms with van der Waals surface area (Å²) in [6.07, 6.45) is -0.651. The van der Waals surface area contributed by atoms with Crippen molar-refractivity contribution in [2.45, 2.75) is 9.90 Å². The summed E-state index contributed by atoms with van der Waals surface area (Å²) in [5.41, 5.74) is 0.691. The highest BCUT2D eigenvalue weighted by molar-refractivity contribution is 6.67. The Hall–Kier alpha value is -2.16. The Bertz CT molecular complexity index is 782. The van der Waals surface area contributed by atoms with Gasteiger partial charge in [0.1, 0.15) is 19.0 Å². The van der Waals surface area contributed by atoms with Crippen LogP contribution in [-0.2, 0) is 9.47 Å². The molecule has 0 aliphatic carbocycles. The van der Waals surface area contributed by atoms with Crippen molar-refractivity contribution in [2.75, 3.05) is 29.5 Å². The van der Waals surface area contributed by atoms with Gasteiger partial charge in [0.15, 0.2) is 5.82 Å². The van der Waals surface area contributed by atoms with Gasteiger partial charge in [-0.05, 0) is 12.1 Å². The average molecular weight is 435 g/mol. The summed E-state index contributed by atoms with van der Waals surface area (Å²) in [7, 11) is 0. The topological polar surface area (TPSA) is 85.1 Å². The second kappa shape index (κ2) is 8.24. The van der Waals surface area contributed by atoms with Crippen LogP contribution in [0.2, 0.25) is 0 Å². The van der Waals surface area contributed by atoms with Crippen LogP contribution in [0.4, 0.5) is 21.1 Å². The average Bonchev–Trinajstić information content (AvgIpc) is 3.27. The van der Waals surface area contributed by atoms with Crippen molar-refractivity contribution in [3.63, 3.8) is 0 Å². The number of carbonyl (C=O) groups excluding carboxylic acids is 2. The number of benzene rings is 1. The number of halogens is 3. The number of anilines is 2. The minimum Gasteiger partial charge on any atom is -0.445 e. The fourth-order valence-corrected chi connectivity index (χ4v) is 2.63. The maximum Gasteiger partial charge on any atom is 0.415 e. The number of amides is 2. The predicted molar refractivity (Wildman–Crippen MR) is 99.5 cm³/mol. The Morgan fingerprint density at radius 1 is 1.30 bits per heavy atom. The lowest BCUT2D eigenvalue weighted by atomic mass is 10.2. The highest BCUT2D eigenvalue weighted by Gasteiger charge is 2.36. The fraction of sp³-hybridized carbons (Fsp3) is 0.312. The first kappa shape index (κ1) is 19.6.